The molecule has 2 aliphatic rings. The molecule has 0 aliphatic carbocycles. The lowest BCUT2D eigenvalue weighted by molar-refractivity contribution is 0.00683. The molecule has 0 saturated carbocycles. The number of carbonyl (C=O) groups is 1. The van der Waals surface area contributed by atoms with Crippen LogP contribution in [0.5, 0.6) is 0 Å². The lowest BCUT2D eigenvalue weighted by Crippen LogP contribution is -2.51. The van der Waals surface area contributed by atoms with Crippen LogP contribution in [0.25, 0.3) is 10.9 Å². The number of hydrogen-bond donors (Lipinski definition) is 1. The van der Waals surface area contributed by atoms with Gasteiger partial charge in [-0.25, -0.2) is 9.78 Å². The van der Waals surface area contributed by atoms with E-state index >= 15 is 0 Å². The van der Waals surface area contributed by atoms with Crippen LogP contribution in [0.2, 0.25) is 5.15 Å². The Balaban J connectivity index is 1.51. The third kappa shape index (κ3) is 3.81. The van der Waals surface area contributed by atoms with Crippen LogP contribution < -0.4 is 5.32 Å². The van der Waals surface area contributed by atoms with E-state index in [1.165, 1.54) is 0 Å². The summed E-state index contributed by atoms with van der Waals surface area (Å²) in [6.45, 7) is 5.72. The van der Waals surface area contributed by atoms with Gasteiger partial charge in [-0.05, 0) is 58.6 Å². The van der Waals surface area contributed by atoms with Crippen LogP contribution in [0.4, 0.5) is 10.6 Å². The van der Waals surface area contributed by atoms with Gasteiger partial charge < -0.3 is 15.0 Å². The first-order valence-corrected chi connectivity index (χ1v) is 9.87. The number of pyridine rings is 2. The van der Waals surface area contributed by atoms with Crippen LogP contribution in [0.3, 0.4) is 0 Å². The van der Waals surface area contributed by atoms with E-state index in [-0.39, 0.29) is 24.2 Å². The van der Waals surface area contributed by atoms with Gasteiger partial charge in [0.15, 0.2) is 0 Å². The van der Waals surface area contributed by atoms with Gasteiger partial charge in [0.05, 0.1) is 5.52 Å². The first kappa shape index (κ1) is 18.3. The minimum Gasteiger partial charge on any atom is -0.444 e. The average Bonchev–Trinajstić information content (AvgIpc) is 2.85. The van der Waals surface area contributed by atoms with E-state index in [1.807, 2.05) is 37.8 Å². The molecule has 2 bridgehead atoms. The third-order valence-electron chi connectivity index (χ3n) is 5.25. The molecule has 2 aromatic rings. The Morgan fingerprint density at radius 3 is 2.67 bits per heavy atom. The molecule has 4 rings (SSSR count). The maximum atomic E-state index is 12.6. The Labute approximate surface area is 164 Å². The van der Waals surface area contributed by atoms with Crippen LogP contribution in [0.15, 0.2) is 24.4 Å². The number of piperidine rings is 1. The second-order valence-corrected chi connectivity index (χ2v) is 8.84. The third-order valence-corrected chi connectivity index (χ3v) is 5.44. The smallest absolute Gasteiger partial charge is 0.410 e. The zero-order valence-electron chi connectivity index (χ0n) is 15.9. The number of anilines is 1. The van der Waals surface area contributed by atoms with Gasteiger partial charge in [-0.1, -0.05) is 11.6 Å². The van der Waals surface area contributed by atoms with Gasteiger partial charge in [-0.3, -0.25) is 4.98 Å². The molecule has 6 nitrogen and oxygen atoms in total. The van der Waals surface area contributed by atoms with Crippen LogP contribution in [-0.2, 0) is 4.74 Å². The Kier molecular flexibility index (Phi) is 4.62. The lowest BCUT2D eigenvalue weighted by Gasteiger charge is -2.39. The second kappa shape index (κ2) is 6.82. The molecule has 1 N–H and O–H groups in total. The number of fused-ring (bicyclic) bond motifs is 3. The Hall–Kier alpha value is -2.08. The summed E-state index contributed by atoms with van der Waals surface area (Å²) in [5.74, 6) is 0.765. The fraction of sp³-hybridized carbons (Fsp3) is 0.550. The summed E-state index contributed by atoms with van der Waals surface area (Å²) in [5, 5.41) is 4.95. The fourth-order valence-corrected chi connectivity index (χ4v) is 4.44. The van der Waals surface area contributed by atoms with Gasteiger partial charge in [0.2, 0.25) is 0 Å². The number of ether oxygens (including phenoxy) is 1. The van der Waals surface area contributed by atoms with E-state index in [1.54, 1.807) is 12.3 Å². The van der Waals surface area contributed by atoms with Crippen molar-refractivity contribution in [1.29, 1.82) is 0 Å². The standard InChI is InChI=1S/C20H25ClN4O2/c1-20(2,3)27-19(26)25-13-6-7-14(25)10-12(9-13)23-18-15-5-4-8-22-16(15)11-17(21)24-18/h4-5,8,11-14H,6-7,9-10H2,1-3H3,(H,23,24). The predicted octanol–water partition coefficient (Wildman–Crippen LogP) is 4.63. The molecule has 2 aromatic heterocycles. The molecule has 4 heterocycles. The van der Waals surface area contributed by atoms with Crippen molar-refractivity contribution < 1.29 is 9.53 Å². The van der Waals surface area contributed by atoms with Crippen molar-refractivity contribution in [1.82, 2.24) is 14.9 Å². The van der Waals surface area contributed by atoms with Gasteiger partial charge in [-0.2, -0.15) is 0 Å². The molecule has 2 unspecified atom stereocenters. The van der Waals surface area contributed by atoms with Gasteiger partial charge in [0.25, 0.3) is 0 Å². The quantitative estimate of drug-likeness (QED) is 0.760. The molecule has 2 aliphatic heterocycles. The first-order valence-electron chi connectivity index (χ1n) is 9.49. The molecular weight excluding hydrogens is 364 g/mol. The average molecular weight is 389 g/mol. The Morgan fingerprint density at radius 2 is 2.00 bits per heavy atom. The van der Waals surface area contributed by atoms with E-state index in [4.69, 9.17) is 16.3 Å². The van der Waals surface area contributed by atoms with E-state index in [0.717, 1.165) is 42.4 Å². The zero-order chi connectivity index (χ0) is 19.2. The molecular formula is C20H25ClN4O2. The van der Waals surface area contributed by atoms with Gasteiger partial charge in [-0.15, -0.1) is 0 Å². The molecule has 0 spiro atoms. The van der Waals surface area contributed by atoms with Crippen molar-refractivity contribution in [3.63, 3.8) is 0 Å². The minimum atomic E-state index is -0.470. The molecule has 0 radical (unpaired) electrons. The highest BCUT2D eigenvalue weighted by Gasteiger charge is 2.45. The van der Waals surface area contributed by atoms with Crippen LogP contribution in [0, 0.1) is 0 Å². The summed E-state index contributed by atoms with van der Waals surface area (Å²) in [6.07, 6.45) is 5.36. The second-order valence-electron chi connectivity index (χ2n) is 8.45. The topological polar surface area (TPSA) is 67.3 Å². The van der Waals surface area contributed by atoms with Crippen molar-refractivity contribution >= 4 is 34.4 Å². The summed E-state index contributed by atoms with van der Waals surface area (Å²) in [5.41, 5.74) is 0.358. The SMILES string of the molecule is CC(C)(C)OC(=O)N1C2CCC1CC(Nc1nc(Cl)cc3ncccc13)C2. The zero-order valence-corrected chi connectivity index (χ0v) is 16.7. The molecule has 0 aromatic carbocycles. The number of rotatable bonds is 2. The van der Waals surface area contributed by atoms with E-state index in [9.17, 15) is 4.79 Å². The summed E-state index contributed by atoms with van der Waals surface area (Å²) >= 11 is 6.18. The highest BCUT2D eigenvalue weighted by molar-refractivity contribution is 6.30. The highest BCUT2D eigenvalue weighted by atomic mass is 35.5. The van der Waals surface area contributed by atoms with Gasteiger partial charge in [0.1, 0.15) is 16.6 Å². The van der Waals surface area contributed by atoms with Gasteiger partial charge in [0, 0.05) is 35.8 Å². The molecule has 2 saturated heterocycles. The highest BCUT2D eigenvalue weighted by Crippen LogP contribution is 2.38. The Morgan fingerprint density at radius 1 is 1.30 bits per heavy atom. The maximum absolute atomic E-state index is 12.6. The van der Waals surface area contributed by atoms with Gasteiger partial charge >= 0.3 is 6.09 Å². The fourth-order valence-electron chi connectivity index (χ4n) is 4.26. The number of nitrogens with one attached hydrogen (secondary N) is 1. The van der Waals surface area contributed by atoms with Crippen molar-refractivity contribution in [2.45, 2.75) is 70.2 Å². The first-order chi connectivity index (χ1) is 12.8. The summed E-state index contributed by atoms with van der Waals surface area (Å²) in [4.78, 5) is 23.4. The van der Waals surface area contributed by atoms with E-state index in [0.29, 0.717) is 5.15 Å². The minimum absolute atomic E-state index is 0.191. The number of aromatic nitrogens is 2. The Bertz CT molecular complexity index is 853. The molecule has 7 heteroatoms. The number of halogens is 1. The van der Waals surface area contributed by atoms with Crippen LogP contribution in [-0.4, -0.2) is 44.7 Å². The summed E-state index contributed by atoms with van der Waals surface area (Å²) in [7, 11) is 0. The number of hydrogen-bond acceptors (Lipinski definition) is 5. The maximum Gasteiger partial charge on any atom is 0.410 e. The predicted molar refractivity (Wildman–Crippen MR) is 106 cm³/mol. The lowest BCUT2D eigenvalue weighted by atomic mass is 9.97. The molecule has 1 amide bonds. The summed E-state index contributed by atoms with van der Waals surface area (Å²) < 4.78 is 5.61. The van der Waals surface area contributed by atoms with Crippen molar-refractivity contribution in [2.75, 3.05) is 5.32 Å². The molecule has 27 heavy (non-hydrogen) atoms. The van der Waals surface area contributed by atoms with Crippen LogP contribution in [0.1, 0.15) is 46.5 Å². The van der Waals surface area contributed by atoms with Crippen molar-refractivity contribution in [3.05, 3.63) is 29.5 Å². The van der Waals surface area contributed by atoms with E-state index in [2.05, 4.69) is 15.3 Å². The molecule has 2 fully saturated rings. The van der Waals surface area contributed by atoms with Crippen LogP contribution >= 0.6 is 11.6 Å². The number of nitrogens with zero attached hydrogens (tertiary/aromatic N) is 3. The normalized spacial score (nSPS) is 24.9. The van der Waals surface area contributed by atoms with E-state index < -0.39 is 5.60 Å². The summed E-state index contributed by atoms with van der Waals surface area (Å²) in [6, 6.07) is 6.34. The molecule has 2 atom stereocenters. The van der Waals surface area contributed by atoms with Crippen molar-refractivity contribution in [2.24, 2.45) is 0 Å². The molecule has 144 valence electrons. The number of amides is 1. The monoisotopic (exact) mass is 388 g/mol. The van der Waals surface area contributed by atoms with Crippen molar-refractivity contribution in [3.8, 4) is 0 Å². The largest absolute Gasteiger partial charge is 0.444 e. The number of carbonyl (C=O) groups excluding carboxylic acids is 1.